The summed E-state index contributed by atoms with van der Waals surface area (Å²) in [6.07, 6.45) is 1.40. The Morgan fingerprint density at radius 2 is 1.53 bits per heavy atom. The summed E-state index contributed by atoms with van der Waals surface area (Å²) in [5.74, 6) is -0.255. The maximum absolute atomic E-state index is 13.6. The number of hydrogen-bond donors (Lipinski definition) is 2. The molecule has 10 nitrogen and oxygen atoms in total. The topological polar surface area (TPSA) is 126 Å². The molecule has 0 atom stereocenters. The smallest absolute Gasteiger partial charge is 0.264 e. The fraction of sp³-hybridized carbons (Fsp3) is 0.129. The molecule has 0 aliphatic heterocycles. The summed E-state index contributed by atoms with van der Waals surface area (Å²) in [5, 5.41) is 7.07. The Morgan fingerprint density at radius 1 is 0.860 bits per heavy atom. The van der Waals surface area contributed by atoms with Crippen LogP contribution in [-0.4, -0.2) is 46.2 Å². The molecule has 0 fully saturated rings. The molecule has 0 unspecified atom stereocenters. The molecule has 4 aromatic rings. The Bertz CT molecular complexity index is 1680. The van der Waals surface area contributed by atoms with E-state index in [2.05, 4.69) is 15.8 Å². The molecular formula is C31H29ClN4O6S. The van der Waals surface area contributed by atoms with Crippen molar-refractivity contribution >= 4 is 51.0 Å². The van der Waals surface area contributed by atoms with Crippen molar-refractivity contribution in [2.45, 2.75) is 11.8 Å². The molecule has 0 saturated carbocycles. The quantitative estimate of drug-likeness (QED) is 0.158. The molecule has 0 heterocycles. The molecule has 0 aromatic heterocycles. The van der Waals surface area contributed by atoms with E-state index in [0.717, 1.165) is 4.31 Å². The Balaban J connectivity index is 1.38. The second-order valence-electron chi connectivity index (χ2n) is 8.90. The van der Waals surface area contributed by atoms with Gasteiger partial charge < -0.3 is 14.8 Å². The molecule has 0 aliphatic carbocycles. The lowest BCUT2D eigenvalue weighted by Crippen LogP contribution is -2.39. The molecule has 0 spiro atoms. The van der Waals surface area contributed by atoms with E-state index in [1.807, 2.05) is 0 Å². The zero-order valence-corrected chi connectivity index (χ0v) is 24.7. The molecule has 2 amide bonds. The van der Waals surface area contributed by atoms with Crippen molar-refractivity contribution < 1.29 is 27.5 Å². The summed E-state index contributed by atoms with van der Waals surface area (Å²) in [4.78, 5) is 25.1. The third-order valence-corrected chi connectivity index (χ3v) is 7.96. The Kier molecular flexibility index (Phi) is 10.7. The second kappa shape index (κ2) is 14.9. The van der Waals surface area contributed by atoms with Crippen LogP contribution in [0.15, 0.2) is 113 Å². The zero-order chi connectivity index (χ0) is 30.7. The normalized spacial score (nSPS) is 11.1. The van der Waals surface area contributed by atoms with Crippen molar-refractivity contribution in [3.8, 4) is 11.5 Å². The van der Waals surface area contributed by atoms with Gasteiger partial charge in [-0.15, -0.1) is 0 Å². The highest BCUT2D eigenvalue weighted by atomic mass is 35.5. The minimum absolute atomic E-state index is 0.0289. The molecular weight excluding hydrogens is 592 g/mol. The summed E-state index contributed by atoms with van der Waals surface area (Å²) >= 11 is 6.05. The zero-order valence-electron chi connectivity index (χ0n) is 23.1. The Labute approximate surface area is 254 Å². The average molecular weight is 621 g/mol. The number of anilines is 2. The van der Waals surface area contributed by atoms with E-state index in [9.17, 15) is 18.0 Å². The lowest BCUT2D eigenvalue weighted by molar-refractivity contribution is -0.119. The number of para-hydroxylation sites is 3. The Hall–Kier alpha value is -4.87. The highest BCUT2D eigenvalue weighted by Crippen LogP contribution is 2.32. The minimum atomic E-state index is -4.11. The first-order chi connectivity index (χ1) is 20.8. The number of nitrogens with one attached hydrogen (secondary N) is 2. The van der Waals surface area contributed by atoms with Gasteiger partial charge >= 0.3 is 0 Å². The van der Waals surface area contributed by atoms with Gasteiger partial charge in [0.25, 0.3) is 21.8 Å². The van der Waals surface area contributed by atoms with Crippen LogP contribution in [0.3, 0.4) is 0 Å². The number of halogens is 1. The lowest BCUT2D eigenvalue weighted by atomic mass is 10.2. The van der Waals surface area contributed by atoms with Crippen LogP contribution in [0, 0.1) is 0 Å². The fourth-order valence-corrected chi connectivity index (χ4v) is 5.49. The van der Waals surface area contributed by atoms with Crippen molar-refractivity contribution in [2.75, 3.05) is 29.4 Å². The fourth-order valence-electron chi connectivity index (χ4n) is 3.85. The van der Waals surface area contributed by atoms with Crippen LogP contribution in [0.5, 0.6) is 11.5 Å². The Morgan fingerprint density at radius 3 is 2.26 bits per heavy atom. The highest BCUT2D eigenvalue weighted by molar-refractivity contribution is 7.92. The number of ether oxygens (including phenoxy) is 2. The van der Waals surface area contributed by atoms with Crippen LogP contribution in [0.2, 0.25) is 5.02 Å². The maximum Gasteiger partial charge on any atom is 0.264 e. The van der Waals surface area contributed by atoms with Crippen LogP contribution in [-0.2, 0) is 19.6 Å². The predicted octanol–water partition coefficient (Wildman–Crippen LogP) is 5.10. The molecule has 0 saturated heterocycles. The number of carbonyl (C=O) groups is 2. The molecule has 4 rings (SSSR count). The standard InChI is InChI=1S/C31H29ClN4O6S/c1-2-41-29-15-9-8-14-28(29)36(43(39,40)25-10-4-3-5-11-25)21-30(37)35-33-20-23-16-18-24(19-17-23)42-22-31(38)34-27-13-7-6-12-26(27)32/h3-20H,2,21-22H2,1H3,(H,34,38)(H,35,37)/b33-20-. The van der Waals surface area contributed by atoms with E-state index >= 15 is 0 Å². The molecule has 12 heteroatoms. The van der Waals surface area contributed by atoms with E-state index in [4.69, 9.17) is 21.1 Å². The van der Waals surface area contributed by atoms with Crippen LogP contribution >= 0.6 is 11.6 Å². The van der Waals surface area contributed by atoms with E-state index < -0.39 is 22.5 Å². The van der Waals surface area contributed by atoms with Gasteiger partial charge in [0.15, 0.2) is 6.61 Å². The first kappa shape index (κ1) is 31.1. The summed E-state index contributed by atoms with van der Waals surface area (Å²) < 4.78 is 39.3. The SMILES string of the molecule is CCOc1ccccc1N(CC(=O)N/N=C\c1ccc(OCC(=O)Nc2ccccc2Cl)cc1)S(=O)(=O)c1ccccc1. The minimum Gasteiger partial charge on any atom is -0.492 e. The van der Waals surface area contributed by atoms with E-state index in [1.54, 1.807) is 97.9 Å². The van der Waals surface area contributed by atoms with Crippen LogP contribution in [0.1, 0.15) is 12.5 Å². The summed E-state index contributed by atoms with van der Waals surface area (Å²) in [7, 11) is -4.11. The molecule has 0 radical (unpaired) electrons. The number of carbonyl (C=O) groups excluding carboxylic acids is 2. The van der Waals surface area contributed by atoms with Gasteiger partial charge in [0.2, 0.25) is 0 Å². The average Bonchev–Trinajstić information content (AvgIpc) is 3.01. The summed E-state index contributed by atoms with van der Waals surface area (Å²) in [5.41, 5.74) is 3.72. The van der Waals surface area contributed by atoms with Gasteiger partial charge in [-0.25, -0.2) is 13.8 Å². The largest absolute Gasteiger partial charge is 0.492 e. The van der Waals surface area contributed by atoms with E-state index in [-0.39, 0.29) is 23.1 Å². The number of nitrogens with zero attached hydrogens (tertiary/aromatic N) is 2. The van der Waals surface area contributed by atoms with E-state index in [0.29, 0.717) is 34.4 Å². The number of hydrogen-bond acceptors (Lipinski definition) is 7. The van der Waals surface area contributed by atoms with Gasteiger partial charge in [-0.05, 0) is 73.2 Å². The summed E-state index contributed by atoms with van der Waals surface area (Å²) in [6.45, 7) is 1.34. The molecule has 0 bridgehead atoms. The van der Waals surface area contributed by atoms with Gasteiger partial charge in [-0.1, -0.05) is 54.1 Å². The van der Waals surface area contributed by atoms with Gasteiger partial charge in [0.05, 0.1) is 34.1 Å². The van der Waals surface area contributed by atoms with Crippen LogP contribution in [0.25, 0.3) is 0 Å². The van der Waals surface area contributed by atoms with Crippen molar-refractivity contribution in [3.63, 3.8) is 0 Å². The van der Waals surface area contributed by atoms with Crippen LogP contribution < -0.4 is 24.5 Å². The molecule has 4 aromatic carbocycles. The first-order valence-corrected chi connectivity index (χ1v) is 15.0. The number of benzene rings is 4. The third-order valence-electron chi connectivity index (χ3n) is 5.85. The monoisotopic (exact) mass is 620 g/mol. The van der Waals surface area contributed by atoms with Crippen molar-refractivity contribution in [2.24, 2.45) is 5.10 Å². The molecule has 0 aliphatic rings. The van der Waals surface area contributed by atoms with Crippen molar-refractivity contribution in [1.29, 1.82) is 0 Å². The second-order valence-corrected chi connectivity index (χ2v) is 11.2. The van der Waals surface area contributed by atoms with Crippen LogP contribution in [0.4, 0.5) is 11.4 Å². The van der Waals surface area contributed by atoms with Crippen molar-refractivity contribution in [1.82, 2.24) is 5.43 Å². The molecule has 43 heavy (non-hydrogen) atoms. The number of sulfonamides is 1. The summed E-state index contributed by atoms with van der Waals surface area (Å²) in [6, 6.07) is 28.0. The number of amides is 2. The van der Waals surface area contributed by atoms with E-state index in [1.165, 1.54) is 18.3 Å². The van der Waals surface area contributed by atoms with Gasteiger partial charge in [0.1, 0.15) is 18.0 Å². The maximum atomic E-state index is 13.6. The lowest BCUT2D eigenvalue weighted by Gasteiger charge is -2.25. The molecule has 2 N–H and O–H groups in total. The van der Waals surface area contributed by atoms with Crippen molar-refractivity contribution in [3.05, 3.63) is 114 Å². The van der Waals surface area contributed by atoms with Gasteiger partial charge in [0, 0.05) is 0 Å². The molecule has 222 valence electrons. The third kappa shape index (κ3) is 8.57. The highest BCUT2D eigenvalue weighted by Gasteiger charge is 2.29. The predicted molar refractivity (Wildman–Crippen MR) is 166 cm³/mol. The number of rotatable bonds is 13. The number of hydrazone groups is 1. The first-order valence-electron chi connectivity index (χ1n) is 13.2. The van der Waals surface area contributed by atoms with Gasteiger partial charge in [-0.3, -0.25) is 13.9 Å². The van der Waals surface area contributed by atoms with Gasteiger partial charge in [-0.2, -0.15) is 5.10 Å².